The first-order chi connectivity index (χ1) is 9.13. The van der Waals surface area contributed by atoms with Crippen LogP contribution in [0.5, 0.6) is 11.5 Å². The number of nitrogens with two attached hydrogens (primary N) is 1. The van der Waals surface area contributed by atoms with Gasteiger partial charge in [-0.15, -0.1) is 11.3 Å². The first kappa shape index (κ1) is 11.8. The van der Waals surface area contributed by atoms with Crippen LogP contribution < -0.4 is 20.5 Å². The van der Waals surface area contributed by atoms with Gasteiger partial charge < -0.3 is 20.5 Å². The molecule has 0 fully saturated rings. The fourth-order valence-electron chi connectivity index (χ4n) is 1.72. The van der Waals surface area contributed by atoms with Gasteiger partial charge in [0.1, 0.15) is 4.88 Å². The van der Waals surface area contributed by atoms with Crippen molar-refractivity contribution < 1.29 is 14.3 Å². The summed E-state index contributed by atoms with van der Waals surface area (Å²) in [7, 11) is 0. The SMILES string of the molecule is Cc1ncc(C(=O)Nc2cc3c(cc2N)OCO3)s1. The third-order valence-corrected chi connectivity index (χ3v) is 3.55. The number of rotatable bonds is 2. The standard InChI is InChI=1S/C12H11N3O3S/c1-6-14-4-11(19-6)12(16)15-8-3-10-9(2-7(8)13)17-5-18-10/h2-4H,5,13H2,1H3,(H,15,16). The molecular weight excluding hydrogens is 266 g/mol. The minimum absolute atomic E-state index is 0.167. The summed E-state index contributed by atoms with van der Waals surface area (Å²) in [5.41, 5.74) is 6.79. The van der Waals surface area contributed by atoms with Crippen molar-refractivity contribution in [2.24, 2.45) is 0 Å². The minimum Gasteiger partial charge on any atom is -0.454 e. The molecule has 1 aromatic heterocycles. The molecule has 1 aromatic carbocycles. The van der Waals surface area contributed by atoms with Gasteiger partial charge in [-0.3, -0.25) is 4.79 Å². The van der Waals surface area contributed by atoms with Gasteiger partial charge in [-0.2, -0.15) is 0 Å². The molecule has 98 valence electrons. The molecule has 0 saturated heterocycles. The molecule has 3 rings (SSSR count). The van der Waals surface area contributed by atoms with E-state index in [1.807, 2.05) is 6.92 Å². The van der Waals surface area contributed by atoms with Crippen LogP contribution >= 0.6 is 11.3 Å². The summed E-state index contributed by atoms with van der Waals surface area (Å²) >= 11 is 1.33. The lowest BCUT2D eigenvalue weighted by Gasteiger charge is -2.08. The second-order valence-electron chi connectivity index (χ2n) is 3.99. The second-order valence-corrected chi connectivity index (χ2v) is 5.23. The molecule has 1 amide bonds. The van der Waals surface area contributed by atoms with Crippen LogP contribution in [-0.2, 0) is 0 Å². The van der Waals surface area contributed by atoms with Crippen molar-refractivity contribution in [3.63, 3.8) is 0 Å². The predicted molar refractivity (Wildman–Crippen MR) is 71.8 cm³/mol. The largest absolute Gasteiger partial charge is 0.454 e. The van der Waals surface area contributed by atoms with Crippen LogP contribution in [0.4, 0.5) is 11.4 Å². The molecule has 1 aliphatic heterocycles. The van der Waals surface area contributed by atoms with Crippen molar-refractivity contribution in [2.45, 2.75) is 6.92 Å². The van der Waals surface area contributed by atoms with Crippen LogP contribution in [0.1, 0.15) is 14.7 Å². The molecule has 0 unspecified atom stereocenters. The van der Waals surface area contributed by atoms with E-state index in [0.717, 1.165) is 5.01 Å². The van der Waals surface area contributed by atoms with Crippen molar-refractivity contribution in [2.75, 3.05) is 17.8 Å². The number of thiazole rings is 1. The molecule has 7 heteroatoms. The normalized spacial score (nSPS) is 12.5. The summed E-state index contributed by atoms with van der Waals surface area (Å²) in [4.78, 5) is 16.6. The number of carbonyl (C=O) groups excluding carboxylic acids is 1. The van der Waals surface area contributed by atoms with Crippen molar-refractivity contribution in [1.29, 1.82) is 0 Å². The van der Waals surface area contributed by atoms with E-state index in [9.17, 15) is 4.79 Å². The average Bonchev–Trinajstić information content (AvgIpc) is 2.98. The van der Waals surface area contributed by atoms with Crippen molar-refractivity contribution in [3.05, 3.63) is 28.2 Å². The summed E-state index contributed by atoms with van der Waals surface area (Å²) in [6.07, 6.45) is 1.54. The Bertz CT molecular complexity index is 654. The molecule has 0 radical (unpaired) electrons. The lowest BCUT2D eigenvalue weighted by Crippen LogP contribution is -2.11. The summed E-state index contributed by atoms with van der Waals surface area (Å²) in [6.45, 7) is 2.01. The topological polar surface area (TPSA) is 86.5 Å². The zero-order chi connectivity index (χ0) is 13.4. The number of hydrogen-bond acceptors (Lipinski definition) is 6. The van der Waals surface area contributed by atoms with Gasteiger partial charge in [0.05, 0.1) is 22.6 Å². The van der Waals surface area contributed by atoms with Gasteiger partial charge >= 0.3 is 0 Å². The number of nitrogens with one attached hydrogen (secondary N) is 1. The number of aryl methyl sites for hydroxylation is 1. The van der Waals surface area contributed by atoms with E-state index < -0.39 is 0 Å². The number of amides is 1. The quantitative estimate of drug-likeness (QED) is 0.820. The predicted octanol–water partition coefficient (Wildman–Crippen LogP) is 2.01. The van der Waals surface area contributed by atoms with Crippen LogP contribution in [0.15, 0.2) is 18.3 Å². The fourth-order valence-corrected chi connectivity index (χ4v) is 2.39. The molecule has 19 heavy (non-hydrogen) atoms. The zero-order valence-electron chi connectivity index (χ0n) is 10.1. The van der Waals surface area contributed by atoms with Crippen LogP contribution in [-0.4, -0.2) is 17.7 Å². The molecule has 1 aliphatic rings. The summed E-state index contributed by atoms with van der Waals surface area (Å²) in [5.74, 6) is 0.922. The summed E-state index contributed by atoms with van der Waals surface area (Å²) < 4.78 is 10.5. The number of carbonyl (C=O) groups is 1. The van der Waals surface area contributed by atoms with Gasteiger partial charge in [-0.05, 0) is 6.92 Å². The number of fused-ring (bicyclic) bond motifs is 1. The minimum atomic E-state index is -0.240. The van der Waals surface area contributed by atoms with Crippen LogP contribution in [0.2, 0.25) is 0 Å². The maximum Gasteiger partial charge on any atom is 0.267 e. The number of nitrogens with zero attached hydrogens (tertiary/aromatic N) is 1. The second kappa shape index (κ2) is 4.43. The molecule has 0 aliphatic carbocycles. The number of aromatic nitrogens is 1. The molecule has 2 heterocycles. The lowest BCUT2D eigenvalue weighted by molar-refractivity contribution is 0.103. The molecule has 2 aromatic rings. The highest BCUT2D eigenvalue weighted by Crippen LogP contribution is 2.38. The van der Waals surface area contributed by atoms with E-state index in [-0.39, 0.29) is 12.7 Å². The fraction of sp³-hybridized carbons (Fsp3) is 0.167. The van der Waals surface area contributed by atoms with Crippen LogP contribution in [0.3, 0.4) is 0 Å². The van der Waals surface area contributed by atoms with E-state index in [4.69, 9.17) is 15.2 Å². The third kappa shape index (κ3) is 2.19. The Morgan fingerprint density at radius 2 is 2.16 bits per heavy atom. The van der Waals surface area contributed by atoms with Gasteiger partial charge in [-0.25, -0.2) is 4.98 Å². The van der Waals surface area contributed by atoms with E-state index in [0.29, 0.717) is 27.8 Å². The van der Waals surface area contributed by atoms with Gasteiger partial charge in [-0.1, -0.05) is 0 Å². The first-order valence-corrected chi connectivity index (χ1v) is 6.38. The Labute approximate surface area is 113 Å². The van der Waals surface area contributed by atoms with E-state index in [1.54, 1.807) is 18.3 Å². The van der Waals surface area contributed by atoms with Crippen molar-refractivity contribution in [3.8, 4) is 11.5 Å². The van der Waals surface area contributed by atoms with Gasteiger partial charge in [0.15, 0.2) is 11.5 Å². The molecule has 6 nitrogen and oxygen atoms in total. The summed E-state index contributed by atoms with van der Waals surface area (Å²) in [6, 6.07) is 3.29. The zero-order valence-corrected chi connectivity index (χ0v) is 10.9. The van der Waals surface area contributed by atoms with E-state index in [2.05, 4.69) is 10.3 Å². The molecule has 0 saturated carbocycles. The lowest BCUT2D eigenvalue weighted by atomic mass is 10.2. The highest BCUT2D eigenvalue weighted by Gasteiger charge is 2.18. The molecule has 0 bridgehead atoms. The smallest absolute Gasteiger partial charge is 0.267 e. The monoisotopic (exact) mass is 277 g/mol. The third-order valence-electron chi connectivity index (χ3n) is 2.64. The average molecular weight is 277 g/mol. The first-order valence-electron chi connectivity index (χ1n) is 5.56. The Morgan fingerprint density at radius 1 is 1.42 bits per heavy atom. The highest BCUT2D eigenvalue weighted by atomic mass is 32.1. The van der Waals surface area contributed by atoms with Crippen LogP contribution in [0, 0.1) is 6.92 Å². The Morgan fingerprint density at radius 3 is 2.84 bits per heavy atom. The number of ether oxygens (including phenoxy) is 2. The van der Waals surface area contributed by atoms with Gasteiger partial charge in [0.2, 0.25) is 6.79 Å². The number of benzene rings is 1. The van der Waals surface area contributed by atoms with E-state index in [1.165, 1.54) is 11.3 Å². The maximum atomic E-state index is 12.0. The summed E-state index contributed by atoms with van der Waals surface area (Å²) in [5, 5.41) is 3.58. The van der Waals surface area contributed by atoms with Gasteiger partial charge in [0.25, 0.3) is 5.91 Å². The van der Waals surface area contributed by atoms with Crippen molar-refractivity contribution in [1.82, 2.24) is 4.98 Å². The number of hydrogen-bond donors (Lipinski definition) is 2. The number of nitrogen functional groups attached to an aromatic ring is 1. The number of anilines is 2. The molecule has 0 spiro atoms. The Kier molecular flexibility index (Phi) is 2.75. The maximum absolute atomic E-state index is 12.0. The van der Waals surface area contributed by atoms with Crippen molar-refractivity contribution >= 4 is 28.6 Å². The van der Waals surface area contributed by atoms with Gasteiger partial charge in [0, 0.05) is 12.1 Å². The molecule has 3 N–H and O–H groups in total. The molecular formula is C12H11N3O3S. The van der Waals surface area contributed by atoms with E-state index >= 15 is 0 Å². The molecule has 0 atom stereocenters. The Balaban J connectivity index is 1.85. The Hall–Kier alpha value is -2.28. The van der Waals surface area contributed by atoms with Crippen LogP contribution in [0.25, 0.3) is 0 Å². The highest BCUT2D eigenvalue weighted by molar-refractivity contribution is 7.13.